The second-order valence-corrected chi connectivity index (χ2v) is 8.57. The van der Waals surface area contributed by atoms with E-state index in [1.807, 2.05) is 18.2 Å². The van der Waals surface area contributed by atoms with Gasteiger partial charge in [-0.2, -0.15) is 4.31 Å². The van der Waals surface area contributed by atoms with E-state index in [4.69, 9.17) is 16.3 Å². The topological polar surface area (TPSA) is 66.9 Å². The largest absolute Gasteiger partial charge is 0.497 e. The molecule has 1 saturated heterocycles. The van der Waals surface area contributed by atoms with Crippen LogP contribution < -0.4 is 4.74 Å². The van der Waals surface area contributed by atoms with E-state index in [-0.39, 0.29) is 30.3 Å². The molecular formula is C19H21ClN2O4S. The van der Waals surface area contributed by atoms with Gasteiger partial charge in [0.1, 0.15) is 5.75 Å². The van der Waals surface area contributed by atoms with Gasteiger partial charge in [0.2, 0.25) is 15.9 Å². The van der Waals surface area contributed by atoms with E-state index < -0.39 is 10.0 Å². The number of ether oxygens (including phenoxy) is 1. The highest BCUT2D eigenvalue weighted by molar-refractivity contribution is 7.89. The minimum atomic E-state index is -3.58. The summed E-state index contributed by atoms with van der Waals surface area (Å²) in [6.45, 7) is 1.25. The number of amides is 1. The number of nitrogens with zero attached hydrogens (tertiary/aromatic N) is 2. The van der Waals surface area contributed by atoms with Crippen LogP contribution >= 0.6 is 11.6 Å². The number of carbonyl (C=O) groups is 1. The Morgan fingerprint density at radius 2 is 1.67 bits per heavy atom. The van der Waals surface area contributed by atoms with E-state index in [1.54, 1.807) is 23.1 Å². The first-order valence-electron chi connectivity index (χ1n) is 8.57. The average molecular weight is 409 g/mol. The van der Waals surface area contributed by atoms with Gasteiger partial charge in [0.05, 0.1) is 18.4 Å². The van der Waals surface area contributed by atoms with Crippen LogP contribution in [0.25, 0.3) is 0 Å². The number of rotatable bonds is 5. The van der Waals surface area contributed by atoms with Crippen LogP contribution in [0.4, 0.5) is 0 Å². The van der Waals surface area contributed by atoms with Gasteiger partial charge in [0.25, 0.3) is 0 Å². The lowest BCUT2D eigenvalue weighted by atomic mass is 10.1. The number of hydrogen-bond acceptors (Lipinski definition) is 4. The molecule has 1 amide bonds. The van der Waals surface area contributed by atoms with Gasteiger partial charge in [-0.15, -0.1) is 0 Å². The molecule has 0 unspecified atom stereocenters. The summed E-state index contributed by atoms with van der Waals surface area (Å²) in [4.78, 5) is 14.4. The summed E-state index contributed by atoms with van der Waals surface area (Å²) in [7, 11) is -2.05. The van der Waals surface area contributed by atoms with Crippen molar-refractivity contribution >= 4 is 27.5 Å². The lowest BCUT2D eigenvalue weighted by molar-refractivity contribution is -0.131. The third-order valence-electron chi connectivity index (χ3n) is 4.59. The van der Waals surface area contributed by atoms with Crippen LogP contribution in [0, 0.1) is 0 Å². The molecular weight excluding hydrogens is 388 g/mol. The SMILES string of the molecule is COc1ccc(S(=O)(=O)N2CCN(C(=O)Cc3ccccc3Cl)CC2)cc1. The zero-order valence-electron chi connectivity index (χ0n) is 15.0. The molecule has 3 rings (SSSR count). The molecule has 1 fully saturated rings. The van der Waals surface area contributed by atoms with Crippen molar-refractivity contribution in [1.29, 1.82) is 0 Å². The van der Waals surface area contributed by atoms with E-state index in [2.05, 4.69) is 0 Å². The van der Waals surface area contributed by atoms with Gasteiger partial charge in [-0.1, -0.05) is 29.8 Å². The minimum absolute atomic E-state index is 0.0513. The molecule has 0 saturated carbocycles. The number of methoxy groups -OCH3 is 1. The molecule has 6 nitrogen and oxygen atoms in total. The van der Waals surface area contributed by atoms with E-state index >= 15 is 0 Å². The molecule has 1 aliphatic heterocycles. The van der Waals surface area contributed by atoms with Crippen molar-refractivity contribution in [2.24, 2.45) is 0 Å². The van der Waals surface area contributed by atoms with Crippen LogP contribution in [-0.4, -0.2) is 56.8 Å². The average Bonchev–Trinajstić information content (AvgIpc) is 2.70. The molecule has 8 heteroatoms. The highest BCUT2D eigenvalue weighted by Gasteiger charge is 2.30. The van der Waals surface area contributed by atoms with Crippen molar-refractivity contribution in [1.82, 2.24) is 9.21 Å². The maximum atomic E-state index is 12.8. The fraction of sp³-hybridized carbons (Fsp3) is 0.316. The normalized spacial score (nSPS) is 15.6. The zero-order valence-corrected chi connectivity index (χ0v) is 16.5. The Morgan fingerprint density at radius 1 is 1.04 bits per heavy atom. The number of piperazine rings is 1. The number of carbonyl (C=O) groups excluding carboxylic acids is 1. The van der Waals surface area contributed by atoms with Gasteiger partial charge < -0.3 is 9.64 Å². The molecule has 1 heterocycles. The van der Waals surface area contributed by atoms with Crippen LogP contribution in [0.5, 0.6) is 5.75 Å². The van der Waals surface area contributed by atoms with E-state index in [0.717, 1.165) is 5.56 Å². The standard InChI is InChI=1S/C19H21ClN2O4S/c1-26-16-6-8-17(9-7-16)27(24,25)22-12-10-21(11-13-22)19(23)14-15-4-2-3-5-18(15)20/h2-9H,10-14H2,1H3. The first kappa shape index (κ1) is 19.7. The predicted octanol–water partition coefficient (Wildman–Crippen LogP) is 2.42. The third-order valence-corrected chi connectivity index (χ3v) is 6.87. The van der Waals surface area contributed by atoms with Gasteiger partial charge in [-0.3, -0.25) is 4.79 Å². The molecule has 27 heavy (non-hydrogen) atoms. The molecule has 0 bridgehead atoms. The highest BCUT2D eigenvalue weighted by Crippen LogP contribution is 2.21. The maximum Gasteiger partial charge on any atom is 0.243 e. The quantitative estimate of drug-likeness (QED) is 0.762. The van der Waals surface area contributed by atoms with Crippen LogP contribution in [0.1, 0.15) is 5.56 Å². The van der Waals surface area contributed by atoms with Gasteiger partial charge in [-0.25, -0.2) is 8.42 Å². The number of benzene rings is 2. The summed E-state index contributed by atoms with van der Waals surface area (Å²) in [6, 6.07) is 13.5. The lowest BCUT2D eigenvalue weighted by Crippen LogP contribution is -2.50. The second-order valence-electron chi connectivity index (χ2n) is 6.23. The van der Waals surface area contributed by atoms with Crippen LogP contribution in [-0.2, 0) is 21.2 Å². The summed E-state index contributed by atoms with van der Waals surface area (Å²) in [5, 5.41) is 0.562. The van der Waals surface area contributed by atoms with Crippen molar-refractivity contribution < 1.29 is 17.9 Å². The van der Waals surface area contributed by atoms with Gasteiger partial charge >= 0.3 is 0 Å². The van der Waals surface area contributed by atoms with E-state index in [1.165, 1.54) is 23.5 Å². The van der Waals surface area contributed by atoms with Crippen LogP contribution in [0.15, 0.2) is 53.4 Å². The number of halogens is 1. The molecule has 0 N–H and O–H groups in total. The first-order chi connectivity index (χ1) is 12.9. The molecule has 2 aromatic carbocycles. The molecule has 1 aliphatic rings. The Bertz CT molecular complexity index is 908. The van der Waals surface area contributed by atoms with Crippen LogP contribution in [0.3, 0.4) is 0 Å². The Balaban J connectivity index is 1.62. The number of hydrogen-bond donors (Lipinski definition) is 0. The summed E-state index contributed by atoms with van der Waals surface area (Å²) < 4.78 is 32.0. The Labute approximate surface area is 164 Å². The van der Waals surface area contributed by atoms with Crippen molar-refractivity contribution in [3.8, 4) is 5.75 Å². The summed E-state index contributed by atoms with van der Waals surface area (Å²) in [6.07, 6.45) is 0.213. The van der Waals surface area contributed by atoms with Gasteiger partial charge in [0.15, 0.2) is 0 Å². The maximum absolute atomic E-state index is 12.8. The summed E-state index contributed by atoms with van der Waals surface area (Å²) in [5.74, 6) is 0.550. The lowest BCUT2D eigenvalue weighted by Gasteiger charge is -2.34. The van der Waals surface area contributed by atoms with E-state index in [0.29, 0.717) is 23.9 Å². The fourth-order valence-corrected chi connectivity index (χ4v) is 4.62. The summed E-state index contributed by atoms with van der Waals surface area (Å²) in [5.41, 5.74) is 0.775. The first-order valence-corrected chi connectivity index (χ1v) is 10.4. The van der Waals surface area contributed by atoms with E-state index in [9.17, 15) is 13.2 Å². The van der Waals surface area contributed by atoms with Gasteiger partial charge in [0, 0.05) is 31.2 Å². The highest BCUT2D eigenvalue weighted by atomic mass is 35.5. The van der Waals surface area contributed by atoms with Crippen molar-refractivity contribution in [2.75, 3.05) is 33.3 Å². The van der Waals surface area contributed by atoms with Crippen molar-refractivity contribution in [2.45, 2.75) is 11.3 Å². The summed E-state index contributed by atoms with van der Waals surface area (Å²) >= 11 is 6.11. The Kier molecular flexibility index (Phi) is 6.04. The second kappa shape index (κ2) is 8.29. The minimum Gasteiger partial charge on any atom is -0.497 e. The van der Waals surface area contributed by atoms with Crippen LogP contribution in [0.2, 0.25) is 5.02 Å². The van der Waals surface area contributed by atoms with Crippen molar-refractivity contribution in [3.63, 3.8) is 0 Å². The number of sulfonamides is 1. The molecule has 0 spiro atoms. The molecule has 0 radical (unpaired) electrons. The van der Waals surface area contributed by atoms with Crippen molar-refractivity contribution in [3.05, 3.63) is 59.1 Å². The van der Waals surface area contributed by atoms with Gasteiger partial charge in [-0.05, 0) is 35.9 Å². The molecule has 0 aromatic heterocycles. The Morgan fingerprint density at radius 3 is 2.26 bits per heavy atom. The zero-order chi connectivity index (χ0) is 19.4. The third kappa shape index (κ3) is 4.43. The fourth-order valence-electron chi connectivity index (χ4n) is 2.99. The molecule has 2 aromatic rings. The molecule has 0 aliphatic carbocycles. The molecule has 0 atom stereocenters. The smallest absolute Gasteiger partial charge is 0.243 e. The monoisotopic (exact) mass is 408 g/mol. The predicted molar refractivity (Wildman–Crippen MR) is 103 cm³/mol. The Hall–Kier alpha value is -2.09. The molecule has 144 valence electrons.